The highest BCUT2D eigenvalue weighted by Gasteiger charge is 2.21. The first-order valence-corrected chi connectivity index (χ1v) is 15.7. The summed E-state index contributed by atoms with van der Waals surface area (Å²) in [5.74, 6) is 0.714. The zero-order valence-corrected chi connectivity index (χ0v) is 25.1. The van der Waals surface area contributed by atoms with Gasteiger partial charge in [-0.05, 0) is 66.3 Å². The topological polar surface area (TPSA) is 25.8 Å². The number of fused-ring (bicyclic) bond motifs is 5. The molecule has 0 saturated carbocycles. The maximum absolute atomic E-state index is 5.33. The molecule has 214 valence electrons. The van der Waals surface area contributed by atoms with Crippen molar-refractivity contribution in [1.29, 1.82) is 0 Å². The molecule has 0 N–H and O–H groups in total. The van der Waals surface area contributed by atoms with Crippen LogP contribution in [0.5, 0.6) is 0 Å². The molecule has 0 aliphatic heterocycles. The summed E-state index contributed by atoms with van der Waals surface area (Å²) >= 11 is 0. The van der Waals surface area contributed by atoms with Gasteiger partial charge in [0.1, 0.15) is 0 Å². The van der Waals surface area contributed by atoms with E-state index in [0.29, 0.717) is 5.82 Å². The molecule has 9 aromatic rings. The summed E-state index contributed by atoms with van der Waals surface area (Å²) in [5, 5.41) is 9.66. The highest BCUT2D eigenvalue weighted by molar-refractivity contribution is 6.27. The maximum atomic E-state index is 5.33. The summed E-state index contributed by atoms with van der Waals surface area (Å²) in [6.07, 6.45) is 0. The smallest absolute Gasteiger partial charge is 0.160 e. The van der Waals surface area contributed by atoms with Gasteiger partial charge in [0.25, 0.3) is 0 Å². The second kappa shape index (κ2) is 10.8. The number of hydrogen-bond donors (Lipinski definition) is 0. The van der Waals surface area contributed by atoms with Crippen molar-refractivity contribution in [1.82, 2.24) is 9.97 Å². The van der Waals surface area contributed by atoms with Gasteiger partial charge in [0.15, 0.2) is 5.82 Å². The molecule has 0 aliphatic carbocycles. The Morgan fingerprint density at radius 2 is 0.870 bits per heavy atom. The van der Waals surface area contributed by atoms with Crippen LogP contribution in [0.4, 0.5) is 0 Å². The lowest BCUT2D eigenvalue weighted by Gasteiger charge is -2.19. The average Bonchev–Trinajstić information content (AvgIpc) is 3.14. The second-order valence-electron chi connectivity index (χ2n) is 11.8. The van der Waals surface area contributed by atoms with Gasteiger partial charge in [-0.25, -0.2) is 9.97 Å². The third-order valence-electron chi connectivity index (χ3n) is 9.04. The molecule has 2 nitrogen and oxygen atoms in total. The molecule has 0 atom stereocenters. The lowest BCUT2D eigenvalue weighted by molar-refractivity contribution is 1.19. The first-order valence-electron chi connectivity index (χ1n) is 15.7. The van der Waals surface area contributed by atoms with E-state index in [1.54, 1.807) is 0 Å². The van der Waals surface area contributed by atoms with Crippen molar-refractivity contribution in [2.75, 3.05) is 0 Å². The number of nitrogens with zero attached hydrogens (tertiary/aromatic N) is 2. The van der Waals surface area contributed by atoms with Gasteiger partial charge in [-0.3, -0.25) is 0 Å². The van der Waals surface area contributed by atoms with Crippen molar-refractivity contribution in [3.63, 3.8) is 0 Å². The van der Waals surface area contributed by atoms with Crippen LogP contribution in [0.3, 0.4) is 0 Å². The molecule has 0 fully saturated rings. The molecule has 0 radical (unpaired) electrons. The van der Waals surface area contributed by atoms with Gasteiger partial charge in [-0.2, -0.15) is 0 Å². The van der Waals surface area contributed by atoms with E-state index >= 15 is 0 Å². The number of benzene rings is 8. The summed E-state index contributed by atoms with van der Waals surface area (Å²) in [6.45, 7) is 0. The molecule has 2 heteroatoms. The molecular formula is C44H28N2. The lowest BCUT2D eigenvalue weighted by atomic mass is 9.85. The van der Waals surface area contributed by atoms with Crippen LogP contribution in [-0.4, -0.2) is 9.97 Å². The summed E-state index contributed by atoms with van der Waals surface area (Å²) < 4.78 is 0. The quantitative estimate of drug-likeness (QED) is 0.152. The van der Waals surface area contributed by atoms with Crippen molar-refractivity contribution in [3.8, 4) is 45.0 Å². The largest absolute Gasteiger partial charge is 0.228 e. The zero-order valence-electron chi connectivity index (χ0n) is 25.1. The van der Waals surface area contributed by atoms with E-state index in [4.69, 9.17) is 9.97 Å². The van der Waals surface area contributed by atoms with Crippen molar-refractivity contribution >= 4 is 43.1 Å². The minimum atomic E-state index is 0.714. The van der Waals surface area contributed by atoms with Crippen LogP contribution in [0.25, 0.3) is 88.1 Å². The molecule has 9 rings (SSSR count). The summed E-state index contributed by atoms with van der Waals surface area (Å²) in [5.41, 5.74) is 7.45. The van der Waals surface area contributed by atoms with Crippen LogP contribution >= 0.6 is 0 Å². The maximum Gasteiger partial charge on any atom is 0.160 e. The summed E-state index contributed by atoms with van der Waals surface area (Å²) in [4.78, 5) is 10.5. The first-order chi connectivity index (χ1) is 22.8. The highest BCUT2D eigenvalue weighted by atomic mass is 14.9. The Hall–Kier alpha value is -6.12. The third-order valence-corrected chi connectivity index (χ3v) is 9.04. The molecule has 0 spiro atoms. The van der Waals surface area contributed by atoms with E-state index in [1.807, 2.05) is 18.2 Å². The van der Waals surface area contributed by atoms with Gasteiger partial charge in [-0.15, -0.1) is 0 Å². The fourth-order valence-electron chi connectivity index (χ4n) is 6.92. The second-order valence-corrected chi connectivity index (χ2v) is 11.8. The third kappa shape index (κ3) is 4.35. The van der Waals surface area contributed by atoms with E-state index in [-0.39, 0.29) is 0 Å². The molecule has 0 amide bonds. The van der Waals surface area contributed by atoms with Gasteiger partial charge in [0, 0.05) is 16.7 Å². The minimum absolute atomic E-state index is 0.714. The van der Waals surface area contributed by atoms with Crippen molar-refractivity contribution in [2.24, 2.45) is 0 Å². The van der Waals surface area contributed by atoms with Crippen LogP contribution in [0, 0.1) is 0 Å². The molecule has 0 aliphatic rings. The van der Waals surface area contributed by atoms with Crippen LogP contribution in [0.15, 0.2) is 170 Å². The average molecular weight is 585 g/mol. The van der Waals surface area contributed by atoms with Gasteiger partial charge >= 0.3 is 0 Å². The monoisotopic (exact) mass is 584 g/mol. The first kappa shape index (κ1) is 26.3. The minimum Gasteiger partial charge on any atom is -0.228 e. The fraction of sp³-hybridized carbons (Fsp3) is 0. The van der Waals surface area contributed by atoms with Crippen LogP contribution in [0.2, 0.25) is 0 Å². The van der Waals surface area contributed by atoms with Crippen LogP contribution < -0.4 is 0 Å². The highest BCUT2D eigenvalue weighted by Crippen LogP contribution is 2.46. The van der Waals surface area contributed by atoms with Gasteiger partial charge in [-0.1, -0.05) is 158 Å². The Bertz CT molecular complexity index is 2570. The molecule has 46 heavy (non-hydrogen) atoms. The van der Waals surface area contributed by atoms with Crippen molar-refractivity contribution in [2.45, 2.75) is 0 Å². The molecule has 8 aromatic carbocycles. The van der Waals surface area contributed by atoms with E-state index in [9.17, 15) is 0 Å². The Morgan fingerprint density at radius 1 is 0.304 bits per heavy atom. The molecule has 0 unspecified atom stereocenters. The Balaban J connectivity index is 1.42. The fourth-order valence-corrected chi connectivity index (χ4v) is 6.92. The molecular weight excluding hydrogens is 556 g/mol. The van der Waals surface area contributed by atoms with Crippen LogP contribution in [-0.2, 0) is 0 Å². The van der Waals surface area contributed by atoms with E-state index in [2.05, 4.69) is 152 Å². The van der Waals surface area contributed by atoms with Crippen LogP contribution in [0.1, 0.15) is 0 Å². The number of aromatic nitrogens is 2. The predicted molar refractivity (Wildman–Crippen MR) is 194 cm³/mol. The standard InChI is InChI=1S/C44H28N2/c1-3-15-31(16-4-1)41-36-21-11-12-22-37(36)42(38-26-25-30-14-9-10-20-35(30)43(38)41)40-28-39(45-44(46-40)32-17-5-2-6-18-32)34-24-23-29-13-7-8-19-33(29)27-34/h1-28H. The van der Waals surface area contributed by atoms with E-state index in [0.717, 1.165) is 28.1 Å². The van der Waals surface area contributed by atoms with E-state index < -0.39 is 0 Å². The van der Waals surface area contributed by atoms with Crippen molar-refractivity contribution in [3.05, 3.63) is 170 Å². The molecule has 1 heterocycles. The molecule has 0 bridgehead atoms. The zero-order chi connectivity index (χ0) is 30.5. The van der Waals surface area contributed by atoms with Crippen molar-refractivity contribution < 1.29 is 0 Å². The SMILES string of the molecule is c1ccc(-c2nc(-c3ccc4ccccc4c3)cc(-c3c4ccccc4c(-c4ccccc4)c4c3ccc3ccccc34)n2)cc1. The van der Waals surface area contributed by atoms with E-state index in [1.165, 1.54) is 54.2 Å². The van der Waals surface area contributed by atoms with Gasteiger partial charge in [0.2, 0.25) is 0 Å². The predicted octanol–water partition coefficient (Wildman–Crippen LogP) is 11.8. The Labute approximate surface area is 267 Å². The molecule has 0 saturated heterocycles. The van der Waals surface area contributed by atoms with Gasteiger partial charge in [0.05, 0.1) is 11.4 Å². The lowest BCUT2D eigenvalue weighted by Crippen LogP contribution is -1.98. The summed E-state index contributed by atoms with van der Waals surface area (Å²) in [6, 6.07) is 60.3. The number of hydrogen-bond acceptors (Lipinski definition) is 2. The summed E-state index contributed by atoms with van der Waals surface area (Å²) in [7, 11) is 0. The normalized spacial score (nSPS) is 11.5. The Morgan fingerprint density at radius 3 is 1.63 bits per heavy atom. The number of rotatable bonds is 4. The van der Waals surface area contributed by atoms with Gasteiger partial charge < -0.3 is 0 Å². The molecule has 1 aromatic heterocycles. The Kier molecular flexibility index (Phi) is 6.17.